The Kier molecular flexibility index (Phi) is 7.38. The highest BCUT2D eigenvalue weighted by atomic mass is 32.2. The molecular formula is C11H12F10O4S. The van der Waals surface area contributed by atoms with Gasteiger partial charge >= 0.3 is 30.2 Å². The number of carbonyl (C=O) groups is 1. The second-order valence-corrected chi connectivity index (χ2v) is 7.37. The quantitative estimate of drug-likeness (QED) is 0.437. The summed E-state index contributed by atoms with van der Waals surface area (Å²) in [4.78, 5) is 11.3. The van der Waals surface area contributed by atoms with Crippen LogP contribution < -0.4 is 0 Å². The van der Waals surface area contributed by atoms with Gasteiger partial charge in [0.05, 0.1) is 12.9 Å². The van der Waals surface area contributed by atoms with Crippen LogP contribution in [-0.4, -0.2) is 56.7 Å². The van der Waals surface area contributed by atoms with Crippen LogP contribution in [-0.2, 0) is 19.4 Å². The van der Waals surface area contributed by atoms with Crippen LogP contribution in [0.5, 0.6) is 0 Å². The first kappa shape index (κ1) is 24.7. The van der Waals surface area contributed by atoms with E-state index < -0.39 is 70.3 Å². The SMILES string of the molecule is COC(=O)C(CCC(F)(F)C(F)(F)F)S(=O)(=O)CCC(F)(F)C(F)(F)F. The fourth-order valence-electron chi connectivity index (χ4n) is 1.58. The van der Waals surface area contributed by atoms with Crippen molar-refractivity contribution in [3.63, 3.8) is 0 Å². The van der Waals surface area contributed by atoms with E-state index in [0.29, 0.717) is 7.11 Å². The second-order valence-electron chi connectivity index (χ2n) is 5.07. The minimum Gasteiger partial charge on any atom is -0.468 e. The number of hydrogen-bond donors (Lipinski definition) is 0. The van der Waals surface area contributed by atoms with Crippen LogP contribution in [0.1, 0.15) is 19.3 Å². The molecule has 0 aromatic carbocycles. The number of hydrogen-bond acceptors (Lipinski definition) is 4. The minimum atomic E-state index is -6.12. The van der Waals surface area contributed by atoms with Crippen LogP contribution in [0.2, 0.25) is 0 Å². The zero-order valence-corrected chi connectivity index (χ0v) is 13.5. The Morgan fingerprint density at radius 1 is 0.846 bits per heavy atom. The van der Waals surface area contributed by atoms with Crippen LogP contribution in [0.25, 0.3) is 0 Å². The maximum Gasteiger partial charge on any atom is 0.453 e. The molecule has 0 rings (SSSR count). The molecule has 0 aliphatic carbocycles. The van der Waals surface area contributed by atoms with Gasteiger partial charge in [0, 0.05) is 12.8 Å². The summed E-state index contributed by atoms with van der Waals surface area (Å²) in [7, 11) is -4.73. The number of halogens is 10. The van der Waals surface area contributed by atoms with Crippen LogP contribution >= 0.6 is 0 Å². The van der Waals surface area contributed by atoms with Gasteiger partial charge in [-0.05, 0) is 6.42 Å². The van der Waals surface area contributed by atoms with Gasteiger partial charge in [0.1, 0.15) is 0 Å². The summed E-state index contributed by atoms with van der Waals surface area (Å²) in [6, 6.07) is 0. The van der Waals surface area contributed by atoms with Crippen molar-refractivity contribution >= 4 is 15.8 Å². The number of alkyl halides is 10. The molecule has 0 heterocycles. The van der Waals surface area contributed by atoms with Crippen molar-refractivity contribution < 1.29 is 61.9 Å². The molecule has 156 valence electrons. The number of carbonyl (C=O) groups excluding carboxylic acids is 1. The lowest BCUT2D eigenvalue weighted by atomic mass is 10.1. The topological polar surface area (TPSA) is 60.4 Å². The third-order valence-electron chi connectivity index (χ3n) is 3.15. The molecule has 0 N–H and O–H groups in total. The summed E-state index contributed by atoms with van der Waals surface area (Å²) >= 11 is 0. The molecule has 0 aliphatic heterocycles. The fourth-order valence-corrected chi connectivity index (χ4v) is 3.28. The van der Waals surface area contributed by atoms with Gasteiger partial charge in [0.25, 0.3) is 0 Å². The highest BCUT2D eigenvalue weighted by molar-refractivity contribution is 7.92. The van der Waals surface area contributed by atoms with E-state index >= 15 is 0 Å². The number of methoxy groups -OCH3 is 1. The Labute approximate surface area is 140 Å². The Bertz CT molecular complexity index is 593. The summed E-state index contributed by atoms with van der Waals surface area (Å²) in [6.45, 7) is 0. The third kappa shape index (κ3) is 6.16. The molecule has 0 spiro atoms. The van der Waals surface area contributed by atoms with E-state index in [1.165, 1.54) is 0 Å². The van der Waals surface area contributed by atoms with E-state index in [0.717, 1.165) is 0 Å². The highest BCUT2D eigenvalue weighted by Crippen LogP contribution is 2.41. The Morgan fingerprint density at radius 3 is 1.58 bits per heavy atom. The normalized spacial score (nSPS) is 15.7. The molecule has 0 amide bonds. The second kappa shape index (κ2) is 7.76. The molecule has 0 aromatic heterocycles. The van der Waals surface area contributed by atoms with Crippen LogP contribution in [0.15, 0.2) is 0 Å². The van der Waals surface area contributed by atoms with Gasteiger partial charge in [-0.25, -0.2) is 8.42 Å². The van der Waals surface area contributed by atoms with Gasteiger partial charge in [-0.3, -0.25) is 4.79 Å². The number of ether oxygens (including phenoxy) is 1. The van der Waals surface area contributed by atoms with E-state index in [-0.39, 0.29) is 0 Å². The zero-order valence-electron chi connectivity index (χ0n) is 12.7. The van der Waals surface area contributed by atoms with E-state index in [2.05, 4.69) is 4.74 Å². The average molecular weight is 430 g/mol. The zero-order chi connectivity index (χ0) is 21.2. The molecule has 1 unspecified atom stereocenters. The molecule has 0 aliphatic rings. The molecular weight excluding hydrogens is 418 g/mol. The fraction of sp³-hybridized carbons (Fsp3) is 0.909. The molecule has 0 bridgehead atoms. The van der Waals surface area contributed by atoms with E-state index in [9.17, 15) is 57.1 Å². The molecule has 0 aromatic rings. The molecule has 0 fully saturated rings. The standard InChI is InChI=1S/C11H12F10O4S/c1-25-7(22)6(2-3-8(12,13)10(16,17)18)26(23,24)5-4-9(14,15)11(19,20)21/h6H,2-5H2,1H3. The maximum absolute atomic E-state index is 12.8. The molecule has 1 atom stereocenters. The van der Waals surface area contributed by atoms with Crippen molar-refractivity contribution in [2.24, 2.45) is 0 Å². The first-order valence-corrected chi connectivity index (χ1v) is 8.18. The van der Waals surface area contributed by atoms with Crippen LogP contribution in [0.3, 0.4) is 0 Å². The van der Waals surface area contributed by atoms with E-state index in [4.69, 9.17) is 0 Å². The molecule has 0 saturated heterocycles. The Morgan fingerprint density at radius 2 is 1.23 bits per heavy atom. The maximum atomic E-state index is 12.8. The van der Waals surface area contributed by atoms with Gasteiger partial charge < -0.3 is 4.74 Å². The molecule has 15 heteroatoms. The predicted octanol–water partition coefficient (Wildman–Crippen LogP) is 3.51. The Hall–Kier alpha value is -1.28. The summed E-state index contributed by atoms with van der Waals surface area (Å²) in [6.07, 6.45) is -18.5. The summed E-state index contributed by atoms with van der Waals surface area (Å²) < 4.78 is 151. The van der Waals surface area contributed by atoms with Crippen molar-refractivity contribution in [1.82, 2.24) is 0 Å². The molecule has 4 nitrogen and oxygen atoms in total. The molecule has 0 saturated carbocycles. The molecule has 0 radical (unpaired) electrons. The van der Waals surface area contributed by atoms with Crippen molar-refractivity contribution in [2.45, 2.75) is 48.7 Å². The monoisotopic (exact) mass is 430 g/mol. The average Bonchev–Trinajstić information content (AvgIpc) is 2.42. The third-order valence-corrected chi connectivity index (χ3v) is 5.22. The van der Waals surface area contributed by atoms with E-state index in [1.54, 1.807) is 0 Å². The van der Waals surface area contributed by atoms with Gasteiger partial charge in [-0.15, -0.1) is 0 Å². The van der Waals surface area contributed by atoms with Gasteiger partial charge in [-0.2, -0.15) is 43.9 Å². The smallest absolute Gasteiger partial charge is 0.453 e. The van der Waals surface area contributed by atoms with Crippen LogP contribution in [0.4, 0.5) is 43.9 Å². The van der Waals surface area contributed by atoms with Gasteiger partial charge in [0.2, 0.25) is 0 Å². The first-order chi connectivity index (χ1) is 11.3. The Balaban J connectivity index is 5.39. The lowest BCUT2D eigenvalue weighted by Crippen LogP contribution is -2.42. The predicted molar refractivity (Wildman–Crippen MR) is 65.4 cm³/mol. The minimum absolute atomic E-state index is 0.525. The molecule has 26 heavy (non-hydrogen) atoms. The van der Waals surface area contributed by atoms with Crippen molar-refractivity contribution in [1.29, 1.82) is 0 Å². The largest absolute Gasteiger partial charge is 0.468 e. The lowest BCUT2D eigenvalue weighted by Gasteiger charge is -2.23. The summed E-state index contributed by atoms with van der Waals surface area (Å²) in [5, 5.41) is -2.76. The summed E-state index contributed by atoms with van der Waals surface area (Å²) in [5.41, 5.74) is 0. The van der Waals surface area contributed by atoms with Crippen molar-refractivity contribution in [3.05, 3.63) is 0 Å². The van der Waals surface area contributed by atoms with Crippen molar-refractivity contribution in [3.8, 4) is 0 Å². The first-order valence-electron chi connectivity index (χ1n) is 6.47. The van der Waals surface area contributed by atoms with Crippen LogP contribution in [0, 0.1) is 0 Å². The number of esters is 1. The lowest BCUT2D eigenvalue weighted by molar-refractivity contribution is -0.284. The van der Waals surface area contributed by atoms with Gasteiger partial charge in [0.15, 0.2) is 15.1 Å². The van der Waals surface area contributed by atoms with E-state index in [1.807, 2.05) is 0 Å². The van der Waals surface area contributed by atoms with Gasteiger partial charge in [-0.1, -0.05) is 0 Å². The number of sulfone groups is 1. The summed E-state index contributed by atoms with van der Waals surface area (Å²) in [5.74, 6) is -14.7. The van der Waals surface area contributed by atoms with Crippen molar-refractivity contribution in [2.75, 3.05) is 12.9 Å². The highest BCUT2D eigenvalue weighted by Gasteiger charge is 2.59. The number of rotatable bonds is 8.